The summed E-state index contributed by atoms with van der Waals surface area (Å²) in [4.78, 5) is 2.01. The zero-order valence-electron chi connectivity index (χ0n) is 20.0. The average molecular weight is 496 g/mol. The Kier molecular flexibility index (Phi) is 7.51. The SMILES string of the molecule is OC(CN(Cc1ccccc1)C[C@H](O)[C@@H]1CCc2cc(F)ccc2O1)[C@@H]1CCc2cc(F)ccc2O1. The van der Waals surface area contributed by atoms with Gasteiger partial charge in [-0.05, 0) is 78.8 Å². The van der Waals surface area contributed by atoms with Crippen LogP contribution in [0.4, 0.5) is 8.78 Å². The number of nitrogens with zero attached hydrogens (tertiary/aromatic N) is 1. The molecular formula is C29H31F2NO4. The summed E-state index contributed by atoms with van der Waals surface area (Å²) in [6, 6.07) is 18.8. The molecule has 3 aromatic rings. The van der Waals surface area contributed by atoms with Crippen LogP contribution >= 0.6 is 0 Å². The van der Waals surface area contributed by atoms with E-state index in [-0.39, 0.29) is 11.6 Å². The number of fused-ring (bicyclic) bond motifs is 2. The molecule has 0 spiro atoms. The maximum absolute atomic E-state index is 13.5. The Labute approximate surface area is 209 Å². The lowest BCUT2D eigenvalue weighted by atomic mass is 9.97. The Morgan fingerprint density at radius 1 is 0.750 bits per heavy atom. The number of hydrogen-bond acceptors (Lipinski definition) is 5. The number of benzene rings is 3. The van der Waals surface area contributed by atoms with E-state index < -0.39 is 24.4 Å². The number of aliphatic hydroxyl groups excluding tert-OH is 2. The van der Waals surface area contributed by atoms with Crippen LogP contribution in [0.3, 0.4) is 0 Å². The molecule has 0 fully saturated rings. The fourth-order valence-corrected chi connectivity index (χ4v) is 5.11. The van der Waals surface area contributed by atoms with E-state index in [0.717, 1.165) is 16.7 Å². The van der Waals surface area contributed by atoms with Gasteiger partial charge >= 0.3 is 0 Å². The Bertz CT molecular complexity index is 1100. The normalized spacial score (nSPS) is 20.6. The first-order chi connectivity index (χ1) is 17.4. The third kappa shape index (κ3) is 5.86. The fraction of sp³-hybridized carbons (Fsp3) is 0.379. The molecule has 3 aromatic carbocycles. The third-order valence-corrected chi connectivity index (χ3v) is 7.00. The standard InChI is InChI=1S/C29H31F2NO4/c30-22-8-12-26-20(14-22)6-10-28(35-26)24(33)17-32(16-19-4-2-1-3-5-19)18-25(34)29-11-7-21-15-23(31)9-13-27(21)36-29/h1-5,8-9,12-15,24-25,28-29,33-34H,6-7,10-11,16-18H2/t24-,25?,28-,29-/m0/s1. The Morgan fingerprint density at radius 3 is 1.75 bits per heavy atom. The van der Waals surface area contributed by atoms with Crippen molar-refractivity contribution in [3.05, 3.63) is 95.1 Å². The predicted molar refractivity (Wildman–Crippen MR) is 132 cm³/mol. The summed E-state index contributed by atoms with van der Waals surface area (Å²) >= 11 is 0. The summed E-state index contributed by atoms with van der Waals surface area (Å²) in [6.45, 7) is 1.13. The molecule has 4 atom stereocenters. The van der Waals surface area contributed by atoms with Crippen molar-refractivity contribution in [1.29, 1.82) is 0 Å². The van der Waals surface area contributed by atoms with Crippen LogP contribution in [0.25, 0.3) is 0 Å². The van der Waals surface area contributed by atoms with E-state index in [1.54, 1.807) is 12.1 Å². The van der Waals surface area contributed by atoms with Crippen molar-refractivity contribution in [3.63, 3.8) is 0 Å². The molecular weight excluding hydrogens is 464 g/mol. The third-order valence-electron chi connectivity index (χ3n) is 7.00. The minimum atomic E-state index is -0.796. The van der Waals surface area contributed by atoms with Gasteiger partial charge in [0.05, 0.1) is 0 Å². The summed E-state index contributed by atoms with van der Waals surface area (Å²) in [7, 11) is 0. The first-order valence-electron chi connectivity index (χ1n) is 12.5. The molecule has 0 bridgehead atoms. The second-order valence-electron chi connectivity index (χ2n) is 9.71. The van der Waals surface area contributed by atoms with E-state index in [9.17, 15) is 19.0 Å². The lowest BCUT2D eigenvalue weighted by molar-refractivity contribution is -0.0295. The number of ether oxygens (including phenoxy) is 2. The topological polar surface area (TPSA) is 62.2 Å². The van der Waals surface area contributed by atoms with Crippen LogP contribution in [0.5, 0.6) is 11.5 Å². The highest BCUT2D eigenvalue weighted by Gasteiger charge is 2.32. The Balaban J connectivity index is 1.26. The molecule has 36 heavy (non-hydrogen) atoms. The number of aliphatic hydroxyl groups is 2. The summed E-state index contributed by atoms with van der Waals surface area (Å²) in [5, 5.41) is 22.2. The van der Waals surface area contributed by atoms with Gasteiger partial charge in [-0.15, -0.1) is 0 Å². The summed E-state index contributed by atoms with van der Waals surface area (Å²) in [5.41, 5.74) is 2.68. The molecule has 0 saturated carbocycles. The second-order valence-corrected chi connectivity index (χ2v) is 9.71. The Hall–Kier alpha value is -3.00. The van der Waals surface area contributed by atoms with Gasteiger partial charge in [0.2, 0.25) is 0 Å². The zero-order chi connectivity index (χ0) is 25.1. The predicted octanol–water partition coefficient (Wildman–Crippen LogP) is 4.28. The minimum Gasteiger partial charge on any atom is -0.487 e. The van der Waals surface area contributed by atoms with Crippen molar-refractivity contribution in [3.8, 4) is 11.5 Å². The average Bonchev–Trinajstić information content (AvgIpc) is 2.88. The summed E-state index contributed by atoms with van der Waals surface area (Å²) in [5.74, 6) is 0.619. The zero-order valence-corrected chi connectivity index (χ0v) is 20.0. The van der Waals surface area contributed by atoms with Crippen LogP contribution in [0, 0.1) is 11.6 Å². The molecule has 0 aliphatic carbocycles. The highest BCUT2D eigenvalue weighted by molar-refractivity contribution is 5.37. The molecule has 0 aromatic heterocycles. The van der Waals surface area contributed by atoms with Gasteiger partial charge in [0.25, 0.3) is 0 Å². The first kappa shape index (κ1) is 24.7. The summed E-state index contributed by atoms with van der Waals surface area (Å²) < 4.78 is 39.1. The first-order valence-corrected chi connectivity index (χ1v) is 12.5. The van der Waals surface area contributed by atoms with Crippen LogP contribution in [-0.2, 0) is 19.4 Å². The van der Waals surface area contributed by atoms with E-state index in [1.165, 1.54) is 24.3 Å². The van der Waals surface area contributed by atoms with Crippen molar-refractivity contribution in [2.75, 3.05) is 13.1 Å². The second kappa shape index (κ2) is 10.9. The van der Waals surface area contributed by atoms with Gasteiger partial charge in [-0.1, -0.05) is 30.3 Å². The van der Waals surface area contributed by atoms with Gasteiger partial charge in [-0.2, -0.15) is 0 Å². The van der Waals surface area contributed by atoms with Crippen molar-refractivity contribution in [1.82, 2.24) is 4.90 Å². The van der Waals surface area contributed by atoms with Gasteiger partial charge in [0, 0.05) is 19.6 Å². The molecule has 0 amide bonds. The fourth-order valence-electron chi connectivity index (χ4n) is 5.11. The van der Waals surface area contributed by atoms with E-state index in [4.69, 9.17) is 9.47 Å². The molecule has 1 unspecified atom stereocenters. The largest absolute Gasteiger partial charge is 0.487 e. The monoisotopic (exact) mass is 495 g/mol. The van der Waals surface area contributed by atoms with Gasteiger partial charge in [0.15, 0.2) is 0 Å². The van der Waals surface area contributed by atoms with Crippen LogP contribution in [0.2, 0.25) is 0 Å². The molecule has 0 saturated heterocycles. The minimum absolute atomic E-state index is 0.293. The number of rotatable bonds is 8. The van der Waals surface area contributed by atoms with Gasteiger partial charge in [-0.3, -0.25) is 4.90 Å². The molecule has 190 valence electrons. The van der Waals surface area contributed by atoms with Crippen molar-refractivity contribution >= 4 is 0 Å². The van der Waals surface area contributed by atoms with Gasteiger partial charge < -0.3 is 19.7 Å². The van der Waals surface area contributed by atoms with Crippen molar-refractivity contribution in [2.24, 2.45) is 0 Å². The molecule has 2 aliphatic heterocycles. The van der Waals surface area contributed by atoms with Crippen LogP contribution in [-0.4, -0.2) is 52.6 Å². The summed E-state index contributed by atoms with van der Waals surface area (Å²) in [6.07, 6.45) is -0.0167. The number of aryl methyl sites for hydroxylation is 2. The van der Waals surface area contributed by atoms with E-state index >= 15 is 0 Å². The van der Waals surface area contributed by atoms with Crippen LogP contribution < -0.4 is 9.47 Å². The smallest absolute Gasteiger partial charge is 0.126 e. The molecule has 5 nitrogen and oxygen atoms in total. The van der Waals surface area contributed by atoms with E-state index in [1.807, 2.05) is 35.2 Å². The number of hydrogen-bond donors (Lipinski definition) is 2. The van der Waals surface area contributed by atoms with Gasteiger partial charge in [0.1, 0.15) is 47.5 Å². The highest BCUT2D eigenvalue weighted by atomic mass is 19.1. The quantitative estimate of drug-likeness (QED) is 0.489. The maximum atomic E-state index is 13.5. The molecule has 5 rings (SSSR count). The maximum Gasteiger partial charge on any atom is 0.126 e. The lowest BCUT2D eigenvalue weighted by Gasteiger charge is -2.35. The molecule has 0 radical (unpaired) electrons. The highest BCUT2D eigenvalue weighted by Crippen LogP contribution is 2.31. The van der Waals surface area contributed by atoms with Crippen molar-refractivity contribution < 1.29 is 28.5 Å². The van der Waals surface area contributed by atoms with E-state index in [0.29, 0.717) is 56.8 Å². The number of halogens is 2. The molecule has 2 aliphatic rings. The lowest BCUT2D eigenvalue weighted by Crippen LogP contribution is -2.48. The Morgan fingerprint density at radius 2 is 1.25 bits per heavy atom. The van der Waals surface area contributed by atoms with Crippen molar-refractivity contribution in [2.45, 2.75) is 56.6 Å². The molecule has 7 heteroatoms. The molecule has 2 N–H and O–H groups in total. The molecule has 2 heterocycles. The van der Waals surface area contributed by atoms with E-state index in [2.05, 4.69) is 0 Å². The van der Waals surface area contributed by atoms with Crippen LogP contribution in [0.15, 0.2) is 66.7 Å². The van der Waals surface area contributed by atoms with Gasteiger partial charge in [-0.25, -0.2) is 8.78 Å². The van der Waals surface area contributed by atoms with Crippen LogP contribution in [0.1, 0.15) is 29.5 Å².